The molecule has 8 nitrogen and oxygen atoms in total. The Morgan fingerprint density at radius 1 is 1.33 bits per heavy atom. The smallest absolute Gasteiger partial charge is 0.252 e. The summed E-state index contributed by atoms with van der Waals surface area (Å²) in [4.78, 5) is 21.2. The maximum Gasteiger partial charge on any atom is 0.252 e. The first-order chi connectivity index (χ1) is 13.1. The third-order valence-electron chi connectivity index (χ3n) is 5.85. The molecule has 0 aromatic carbocycles. The maximum atomic E-state index is 12.6. The Labute approximate surface area is 158 Å². The van der Waals surface area contributed by atoms with Crippen LogP contribution >= 0.6 is 0 Å². The van der Waals surface area contributed by atoms with Gasteiger partial charge in [-0.1, -0.05) is 0 Å². The summed E-state index contributed by atoms with van der Waals surface area (Å²) in [5.41, 5.74) is 2.86. The number of rotatable bonds is 4. The van der Waals surface area contributed by atoms with Gasteiger partial charge in [-0.25, -0.2) is 9.50 Å². The Kier molecular flexibility index (Phi) is 5.10. The molecule has 8 heteroatoms. The highest BCUT2D eigenvalue weighted by molar-refractivity contribution is 5.76. The van der Waals surface area contributed by atoms with Gasteiger partial charge in [0.1, 0.15) is 6.33 Å². The lowest BCUT2D eigenvalue weighted by Crippen LogP contribution is -2.51. The molecule has 2 aliphatic heterocycles. The molecule has 0 saturated carbocycles. The molecular formula is C19H27N5O3. The zero-order chi connectivity index (χ0) is 18.9. The van der Waals surface area contributed by atoms with Crippen LogP contribution in [0.25, 0.3) is 5.78 Å². The van der Waals surface area contributed by atoms with E-state index in [0.717, 1.165) is 55.8 Å². The fraction of sp³-hybridized carbons (Fsp3) is 0.684. The first-order valence-electron chi connectivity index (χ1n) is 9.73. The van der Waals surface area contributed by atoms with Crippen LogP contribution in [0.5, 0.6) is 0 Å². The van der Waals surface area contributed by atoms with Crippen LogP contribution in [-0.4, -0.2) is 57.0 Å². The second kappa shape index (κ2) is 7.52. The number of hydrogen-bond acceptors (Lipinski definition) is 6. The molecule has 2 aromatic heterocycles. The topological polar surface area (TPSA) is 90.6 Å². The maximum absolute atomic E-state index is 12.6. The molecule has 4 heterocycles. The Balaban J connectivity index is 1.36. The van der Waals surface area contributed by atoms with E-state index < -0.39 is 0 Å². The Hall–Kier alpha value is -2.06. The van der Waals surface area contributed by atoms with Crippen LogP contribution in [0.1, 0.15) is 49.1 Å². The summed E-state index contributed by atoms with van der Waals surface area (Å²) in [7, 11) is 0. The van der Waals surface area contributed by atoms with Gasteiger partial charge in [-0.2, -0.15) is 10.1 Å². The first-order valence-corrected chi connectivity index (χ1v) is 9.73. The molecule has 0 radical (unpaired) electrons. The van der Waals surface area contributed by atoms with Crippen molar-refractivity contribution in [3.8, 4) is 0 Å². The molecule has 146 valence electrons. The van der Waals surface area contributed by atoms with Gasteiger partial charge in [-0.15, -0.1) is 0 Å². The monoisotopic (exact) mass is 373 g/mol. The number of hydrogen-bond donors (Lipinski definition) is 1. The van der Waals surface area contributed by atoms with Crippen molar-refractivity contribution in [2.75, 3.05) is 19.8 Å². The average molecular weight is 373 g/mol. The van der Waals surface area contributed by atoms with Crippen molar-refractivity contribution in [3.63, 3.8) is 0 Å². The summed E-state index contributed by atoms with van der Waals surface area (Å²) in [6.45, 7) is 6.16. The van der Waals surface area contributed by atoms with E-state index in [1.54, 1.807) is 4.52 Å². The molecule has 2 saturated heterocycles. The van der Waals surface area contributed by atoms with Gasteiger partial charge in [0, 0.05) is 43.7 Å². The van der Waals surface area contributed by atoms with E-state index in [0.29, 0.717) is 25.2 Å². The summed E-state index contributed by atoms with van der Waals surface area (Å²) >= 11 is 0. The lowest BCUT2D eigenvalue weighted by molar-refractivity contribution is -0.144. The van der Waals surface area contributed by atoms with Crippen molar-refractivity contribution >= 4 is 11.7 Å². The molecule has 0 aliphatic carbocycles. The minimum atomic E-state index is -0.107. The number of nitrogens with one attached hydrogen (secondary N) is 1. The van der Waals surface area contributed by atoms with Crippen LogP contribution in [0.3, 0.4) is 0 Å². The van der Waals surface area contributed by atoms with Crippen LogP contribution in [0.15, 0.2) is 6.33 Å². The van der Waals surface area contributed by atoms with Crippen LogP contribution in [0.4, 0.5) is 0 Å². The Morgan fingerprint density at radius 3 is 2.96 bits per heavy atom. The van der Waals surface area contributed by atoms with Gasteiger partial charge >= 0.3 is 0 Å². The van der Waals surface area contributed by atoms with E-state index in [-0.39, 0.29) is 17.6 Å². The summed E-state index contributed by atoms with van der Waals surface area (Å²) in [6, 6.07) is 0.183. The van der Waals surface area contributed by atoms with Crippen LogP contribution in [0.2, 0.25) is 0 Å². The van der Waals surface area contributed by atoms with Gasteiger partial charge in [0.25, 0.3) is 5.78 Å². The predicted octanol–water partition coefficient (Wildman–Crippen LogP) is 1.52. The summed E-state index contributed by atoms with van der Waals surface area (Å²) in [5, 5.41) is 7.42. The number of aromatic nitrogens is 4. The number of nitrogens with zero attached hydrogens (tertiary/aromatic N) is 4. The number of amides is 1. The number of aryl methyl sites for hydroxylation is 2. The minimum absolute atomic E-state index is 0.0848. The molecule has 1 N–H and O–H groups in total. The summed E-state index contributed by atoms with van der Waals surface area (Å²) in [6.07, 6.45) is 6.18. The van der Waals surface area contributed by atoms with Gasteiger partial charge in [-0.3, -0.25) is 4.79 Å². The molecular weight excluding hydrogens is 346 g/mol. The van der Waals surface area contributed by atoms with Crippen LogP contribution < -0.4 is 5.32 Å². The zero-order valence-electron chi connectivity index (χ0n) is 16.0. The highest BCUT2D eigenvalue weighted by Crippen LogP contribution is 2.34. The van der Waals surface area contributed by atoms with Crippen LogP contribution in [-0.2, 0) is 20.7 Å². The molecule has 2 aliphatic rings. The zero-order valence-corrected chi connectivity index (χ0v) is 16.0. The van der Waals surface area contributed by atoms with E-state index in [2.05, 4.69) is 20.4 Å². The second-order valence-electron chi connectivity index (χ2n) is 7.63. The fourth-order valence-corrected chi connectivity index (χ4v) is 4.30. The highest BCUT2D eigenvalue weighted by atomic mass is 16.5. The number of ether oxygens (including phenoxy) is 2. The van der Waals surface area contributed by atoms with E-state index >= 15 is 0 Å². The quantitative estimate of drug-likeness (QED) is 0.874. The summed E-state index contributed by atoms with van der Waals surface area (Å²) < 4.78 is 13.2. The number of carbonyl (C=O) groups excluding carboxylic acids is 1. The van der Waals surface area contributed by atoms with Crippen molar-refractivity contribution in [2.24, 2.45) is 0 Å². The van der Waals surface area contributed by atoms with Gasteiger partial charge in [0.2, 0.25) is 5.91 Å². The highest BCUT2D eigenvalue weighted by Gasteiger charge is 2.39. The lowest BCUT2D eigenvalue weighted by Gasteiger charge is -2.43. The molecule has 1 atom stereocenters. The van der Waals surface area contributed by atoms with Crippen molar-refractivity contribution in [2.45, 2.75) is 64.0 Å². The lowest BCUT2D eigenvalue weighted by atomic mass is 9.84. The average Bonchev–Trinajstić information content (AvgIpc) is 3.11. The van der Waals surface area contributed by atoms with Crippen molar-refractivity contribution < 1.29 is 14.3 Å². The molecule has 27 heavy (non-hydrogen) atoms. The largest absolute Gasteiger partial charge is 0.381 e. The molecule has 1 spiro atoms. The van der Waals surface area contributed by atoms with Crippen molar-refractivity contribution in [3.05, 3.63) is 23.3 Å². The minimum Gasteiger partial charge on any atom is -0.381 e. The SMILES string of the molecule is Cc1nc2ncnn2c(C)c1CCC(=O)NC1CCOC2(CCOCC2)C1. The third kappa shape index (κ3) is 3.82. The predicted molar refractivity (Wildman–Crippen MR) is 98.5 cm³/mol. The summed E-state index contributed by atoms with van der Waals surface area (Å²) in [5.74, 6) is 0.684. The van der Waals surface area contributed by atoms with Crippen molar-refractivity contribution in [1.82, 2.24) is 24.9 Å². The van der Waals surface area contributed by atoms with Crippen molar-refractivity contribution in [1.29, 1.82) is 0 Å². The van der Waals surface area contributed by atoms with E-state index in [1.165, 1.54) is 6.33 Å². The first kappa shape index (κ1) is 18.3. The van der Waals surface area contributed by atoms with Crippen LogP contribution in [0, 0.1) is 13.8 Å². The standard InChI is InChI=1S/C19H27N5O3/c1-13-16(14(2)24-18(22-13)20-12-21-24)3-4-17(25)23-15-5-8-27-19(11-15)6-9-26-10-7-19/h12,15H,3-11H2,1-2H3,(H,23,25). The Bertz CT molecular complexity index is 823. The third-order valence-corrected chi connectivity index (χ3v) is 5.85. The van der Waals surface area contributed by atoms with Gasteiger partial charge in [0.05, 0.1) is 5.60 Å². The fourth-order valence-electron chi connectivity index (χ4n) is 4.30. The van der Waals surface area contributed by atoms with E-state index in [1.807, 2.05) is 13.8 Å². The molecule has 1 unspecified atom stereocenters. The second-order valence-corrected chi connectivity index (χ2v) is 7.63. The molecule has 2 aromatic rings. The molecule has 4 rings (SSSR count). The molecule has 2 fully saturated rings. The van der Waals surface area contributed by atoms with E-state index in [9.17, 15) is 4.79 Å². The molecule has 1 amide bonds. The van der Waals surface area contributed by atoms with Gasteiger partial charge in [-0.05, 0) is 51.5 Å². The number of fused-ring (bicyclic) bond motifs is 1. The van der Waals surface area contributed by atoms with Gasteiger partial charge < -0.3 is 14.8 Å². The molecule has 0 bridgehead atoms. The Morgan fingerprint density at radius 2 is 2.15 bits per heavy atom. The number of carbonyl (C=O) groups is 1. The van der Waals surface area contributed by atoms with E-state index in [4.69, 9.17) is 9.47 Å². The normalized spacial score (nSPS) is 22.2. The van der Waals surface area contributed by atoms with Gasteiger partial charge in [0.15, 0.2) is 0 Å².